The van der Waals surface area contributed by atoms with Crippen molar-refractivity contribution >= 4 is 34.9 Å². The van der Waals surface area contributed by atoms with Gasteiger partial charge in [0, 0.05) is 30.6 Å². The SMILES string of the molecule is C/C1=C/CC(/C(C)=C/c2csc(C)n2)OC(=O)CC(O)C(C)(C)C(=O)C(C)[C@@H](O)C(C)CC(=O)C1. The maximum atomic E-state index is 13.2. The fourth-order valence-electron chi connectivity index (χ4n) is 4.36. The van der Waals surface area contributed by atoms with E-state index in [4.69, 9.17) is 4.74 Å². The summed E-state index contributed by atoms with van der Waals surface area (Å²) in [6.45, 7) is 12.1. The number of cyclic esters (lactones) is 1. The molecule has 0 saturated heterocycles. The zero-order chi connectivity index (χ0) is 26.5. The number of esters is 1. The number of rotatable bonds is 2. The highest BCUT2D eigenvalue weighted by atomic mass is 32.1. The van der Waals surface area contributed by atoms with Gasteiger partial charge in [0.15, 0.2) is 0 Å². The van der Waals surface area contributed by atoms with Gasteiger partial charge in [-0.3, -0.25) is 14.4 Å². The van der Waals surface area contributed by atoms with Crippen LogP contribution < -0.4 is 0 Å². The summed E-state index contributed by atoms with van der Waals surface area (Å²) in [5.74, 6) is -2.24. The molecule has 4 unspecified atom stereocenters. The number of aliphatic hydroxyl groups excluding tert-OH is 2. The summed E-state index contributed by atoms with van der Waals surface area (Å²) < 4.78 is 5.75. The Morgan fingerprint density at radius 1 is 1.17 bits per heavy atom. The second-order valence-electron chi connectivity index (χ2n) is 10.4. The third-order valence-electron chi connectivity index (χ3n) is 6.84. The largest absolute Gasteiger partial charge is 0.457 e. The van der Waals surface area contributed by atoms with E-state index in [0.29, 0.717) is 6.42 Å². The van der Waals surface area contributed by atoms with Crippen LogP contribution in [-0.4, -0.2) is 51.0 Å². The van der Waals surface area contributed by atoms with Gasteiger partial charge in [-0.05, 0) is 38.3 Å². The van der Waals surface area contributed by atoms with Gasteiger partial charge in [0.1, 0.15) is 17.7 Å². The number of Topliss-reactive ketones (excluding diaryl/α,β-unsaturated/α-hetero) is 2. The van der Waals surface area contributed by atoms with Crippen molar-refractivity contribution in [2.45, 2.75) is 92.5 Å². The number of ether oxygens (including phenoxy) is 1. The molecular weight excluding hydrogens is 466 g/mol. The van der Waals surface area contributed by atoms with Gasteiger partial charge >= 0.3 is 5.97 Å². The standard InChI is InChI=1S/C27H39NO6S/c1-15-8-9-22(16(2)11-20-14-35-19(5)28-20)34-24(31)13-23(30)27(6,7)26(33)18(4)25(32)17(3)12-21(29)10-15/h8,11,14,17-18,22-23,25,30,32H,9-10,12-13H2,1-7H3/b15-8-,16-11+/t17?,18?,22?,23?,25-/m0/s1. The number of nitrogens with zero attached hydrogens (tertiary/aromatic N) is 1. The lowest BCUT2D eigenvalue weighted by Crippen LogP contribution is -2.46. The smallest absolute Gasteiger partial charge is 0.309 e. The lowest BCUT2D eigenvalue weighted by Gasteiger charge is -2.34. The second-order valence-corrected chi connectivity index (χ2v) is 11.5. The molecule has 0 radical (unpaired) electrons. The molecule has 2 N–H and O–H groups in total. The Balaban J connectivity index is 2.39. The van der Waals surface area contributed by atoms with Crippen molar-refractivity contribution in [3.05, 3.63) is 33.3 Å². The van der Waals surface area contributed by atoms with Crippen molar-refractivity contribution in [2.75, 3.05) is 0 Å². The molecule has 194 valence electrons. The Morgan fingerprint density at radius 2 is 1.83 bits per heavy atom. The van der Waals surface area contributed by atoms with Gasteiger partial charge in [-0.25, -0.2) is 4.98 Å². The highest BCUT2D eigenvalue weighted by molar-refractivity contribution is 7.09. The van der Waals surface area contributed by atoms with E-state index in [1.165, 1.54) is 11.3 Å². The van der Waals surface area contributed by atoms with Gasteiger partial charge in [0.05, 0.1) is 34.7 Å². The van der Waals surface area contributed by atoms with E-state index in [0.717, 1.165) is 21.8 Å². The number of hydrogen-bond donors (Lipinski definition) is 2. The maximum absolute atomic E-state index is 13.2. The summed E-state index contributed by atoms with van der Waals surface area (Å²) in [5.41, 5.74) is 1.12. The van der Waals surface area contributed by atoms with Crippen LogP contribution in [0.15, 0.2) is 22.6 Å². The average molecular weight is 506 g/mol. The zero-order valence-corrected chi connectivity index (χ0v) is 22.6. The van der Waals surface area contributed by atoms with Crippen LogP contribution in [-0.2, 0) is 19.1 Å². The molecule has 0 amide bonds. The first kappa shape index (κ1) is 29.1. The lowest BCUT2D eigenvalue weighted by atomic mass is 9.73. The summed E-state index contributed by atoms with van der Waals surface area (Å²) in [5, 5.41) is 24.4. The number of aryl methyl sites for hydroxylation is 1. The van der Waals surface area contributed by atoms with Crippen LogP contribution in [0.2, 0.25) is 0 Å². The Bertz CT molecular complexity index is 992. The van der Waals surface area contributed by atoms with Crippen molar-refractivity contribution < 1.29 is 29.3 Å². The molecule has 0 aromatic carbocycles. The summed E-state index contributed by atoms with van der Waals surface area (Å²) in [6, 6.07) is 0. The van der Waals surface area contributed by atoms with Crippen molar-refractivity contribution in [1.82, 2.24) is 4.98 Å². The number of thiazole rings is 1. The van der Waals surface area contributed by atoms with Crippen LogP contribution in [0.5, 0.6) is 0 Å². The Morgan fingerprint density at radius 3 is 2.43 bits per heavy atom. The van der Waals surface area contributed by atoms with Crippen LogP contribution in [0.25, 0.3) is 6.08 Å². The highest BCUT2D eigenvalue weighted by Gasteiger charge is 2.42. The van der Waals surface area contributed by atoms with E-state index in [2.05, 4.69) is 4.98 Å². The number of carbonyl (C=O) groups is 3. The van der Waals surface area contributed by atoms with E-state index in [1.54, 1.807) is 27.7 Å². The molecule has 1 aromatic heterocycles. The predicted molar refractivity (Wildman–Crippen MR) is 137 cm³/mol. The van der Waals surface area contributed by atoms with Gasteiger partial charge in [-0.15, -0.1) is 11.3 Å². The first-order valence-corrected chi connectivity index (χ1v) is 13.0. The summed E-state index contributed by atoms with van der Waals surface area (Å²) in [4.78, 5) is 43.1. The molecule has 1 aliphatic heterocycles. The number of carbonyl (C=O) groups excluding carboxylic acids is 3. The number of hydrogen-bond acceptors (Lipinski definition) is 8. The first-order chi connectivity index (χ1) is 16.2. The molecule has 8 heteroatoms. The minimum Gasteiger partial charge on any atom is -0.457 e. The Labute approximate surface area is 212 Å². The van der Waals surface area contributed by atoms with E-state index in [1.807, 2.05) is 38.3 Å². The molecule has 0 aliphatic carbocycles. The van der Waals surface area contributed by atoms with E-state index < -0.39 is 41.5 Å². The van der Waals surface area contributed by atoms with Crippen LogP contribution >= 0.6 is 11.3 Å². The van der Waals surface area contributed by atoms with E-state index >= 15 is 0 Å². The molecule has 0 fully saturated rings. The van der Waals surface area contributed by atoms with Gasteiger partial charge in [-0.1, -0.05) is 39.3 Å². The molecule has 0 bridgehead atoms. The van der Waals surface area contributed by atoms with E-state index in [-0.39, 0.29) is 30.8 Å². The molecule has 5 atom stereocenters. The molecule has 1 aromatic rings. The molecule has 2 heterocycles. The number of aromatic nitrogens is 1. The summed E-state index contributed by atoms with van der Waals surface area (Å²) >= 11 is 1.53. The molecule has 35 heavy (non-hydrogen) atoms. The van der Waals surface area contributed by atoms with Crippen LogP contribution in [0, 0.1) is 24.2 Å². The molecule has 1 aliphatic rings. The van der Waals surface area contributed by atoms with Crippen molar-refractivity contribution in [1.29, 1.82) is 0 Å². The van der Waals surface area contributed by atoms with E-state index in [9.17, 15) is 24.6 Å². The fraction of sp³-hybridized carbons (Fsp3) is 0.630. The number of ketones is 2. The van der Waals surface area contributed by atoms with Gasteiger partial charge in [0.2, 0.25) is 0 Å². The van der Waals surface area contributed by atoms with Crippen molar-refractivity contribution in [3.8, 4) is 0 Å². The normalized spacial score (nSPS) is 31.6. The van der Waals surface area contributed by atoms with Gasteiger partial charge < -0.3 is 14.9 Å². The number of aliphatic hydroxyl groups is 2. The van der Waals surface area contributed by atoms with Crippen LogP contribution in [0.4, 0.5) is 0 Å². The zero-order valence-electron chi connectivity index (χ0n) is 21.8. The van der Waals surface area contributed by atoms with Crippen LogP contribution in [0.3, 0.4) is 0 Å². The minimum absolute atomic E-state index is 0.0323. The molecule has 7 nitrogen and oxygen atoms in total. The van der Waals surface area contributed by atoms with Crippen LogP contribution in [0.1, 0.15) is 77.9 Å². The molecule has 2 rings (SSSR count). The van der Waals surface area contributed by atoms with Crippen molar-refractivity contribution in [2.24, 2.45) is 17.3 Å². The summed E-state index contributed by atoms with van der Waals surface area (Å²) in [7, 11) is 0. The predicted octanol–water partition coefficient (Wildman–Crippen LogP) is 4.45. The Kier molecular flexibility index (Phi) is 10.1. The average Bonchev–Trinajstić information content (AvgIpc) is 3.18. The third-order valence-corrected chi connectivity index (χ3v) is 7.63. The summed E-state index contributed by atoms with van der Waals surface area (Å²) in [6.07, 6.45) is 1.21. The second kappa shape index (κ2) is 12.2. The lowest BCUT2D eigenvalue weighted by molar-refractivity contribution is -0.154. The molecular formula is C27H39NO6S. The maximum Gasteiger partial charge on any atom is 0.309 e. The Hall–Kier alpha value is -2.16. The quantitative estimate of drug-likeness (QED) is 0.451. The topological polar surface area (TPSA) is 114 Å². The molecule has 0 spiro atoms. The molecule has 0 saturated carbocycles. The highest BCUT2D eigenvalue weighted by Crippen LogP contribution is 2.32. The third kappa shape index (κ3) is 7.92. The van der Waals surface area contributed by atoms with Gasteiger partial charge in [0.25, 0.3) is 0 Å². The van der Waals surface area contributed by atoms with Gasteiger partial charge in [-0.2, -0.15) is 0 Å². The fourth-order valence-corrected chi connectivity index (χ4v) is 4.93. The van der Waals surface area contributed by atoms with Crippen molar-refractivity contribution in [3.63, 3.8) is 0 Å². The minimum atomic E-state index is -1.29. The number of allylic oxidation sites excluding steroid dienone is 1. The monoisotopic (exact) mass is 505 g/mol. The first-order valence-electron chi connectivity index (χ1n) is 12.1.